The fourth-order valence-corrected chi connectivity index (χ4v) is 4.24. The zero-order chi connectivity index (χ0) is 14.7. The predicted molar refractivity (Wildman–Crippen MR) is 90.0 cm³/mol. The molecule has 1 aliphatic carbocycles. The third-order valence-electron chi connectivity index (χ3n) is 4.86. The normalized spacial score (nSPS) is 24.5. The fourth-order valence-electron chi connectivity index (χ4n) is 3.52. The first-order chi connectivity index (χ1) is 10.3. The molecule has 4 heteroatoms. The summed E-state index contributed by atoms with van der Waals surface area (Å²) in [7, 11) is 0. The minimum absolute atomic E-state index is 0.599. The van der Waals surface area contributed by atoms with Gasteiger partial charge in [-0.05, 0) is 37.6 Å². The topological polar surface area (TPSA) is 29.3 Å². The van der Waals surface area contributed by atoms with Gasteiger partial charge in [-0.1, -0.05) is 26.7 Å². The van der Waals surface area contributed by atoms with E-state index in [1.807, 2.05) is 0 Å². The smallest absolute Gasteiger partial charge is 0.193 e. The van der Waals surface area contributed by atoms with E-state index in [4.69, 9.17) is 4.98 Å². The molecule has 1 saturated carbocycles. The van der Waals surface area contributed by atoms with Crippen molar-refractivity contribution in [3.63, 3.8) is 0 Å². The minimum atomic E-state index is 0.599. The molecule has 2 aromatic rings. The number of nitrogens with zero attached hydrogens (tertiary/aromatic N) is 2. The molecular formula is C17H27N3S. The molecule has 1 fully saturated rings. The molecular weight excluding hydrogens is 278 g/mol. The lowest BCUT2D eigenvalue weighted by Gasteiger charge is -2.33. The Morgan fingerprint density at radius 1 is 1.38 bits per heavy atom. The van der Waals surface area contributed by atoms with Crippen LogP contribution in [0.4, 0.5) is 0 Å². The highest BCUT2D eigenvalue weighted by Crippen LogP contribution is 2.31. The Balaban J connectivity index is 1.67. The van der Waals surface area contributed by atoms with Crippen LogP contribution < -0.4 is 5.32 Å². The SMILES string of the molecule is CCCNC(Cc1cn2ccsc2n1)C1CCC(C)CC1. The first kappa shape index (κ1) is 15.0. The van der Waals surface area contributed by atoms with E-state index in [1.165, 1.54) is 37.8 Å². The van der Waals surface area contributed by atoms with E-state index in [9.17, 15) is 0 Å². The number of imidazole rings is 1. The number of hydrogen-bond acceptors (Lipinski definition) is 3. The Labute approximate surface area is 131 Å². The molecule has 0 aliphatic heterocycles. The van der Waals surface area contributed by atoms with Gasteiger partial charge < -0.3 is 5.32 Å². The average molecular weight is 305 g/mol. The molecule has 3 nitrogen and oxygen atoms in total. The molecule has 0 saturated heterocycles. The van der Waals surface area contributed by atoms with Crippen LogP contribution in [0, 0.1) is 11.8 Å². The van der Waals surface area contributed by atoms with E-state index in [-0.39, 0.29) is 0 Å². The summed E-state index contributed by atoms with van der Waals surface area (Å²) in [6.45, 7) is 5.77. The van der Waals surface area contributed by atoms with Gasteiger partial charge >= 0.3 is 0 Å². The van der Waals surface area contributed by atoms with Gasteiger partial charge in [0.1, 0.15) is 0 Å². The van der Waals surface area contributed by atoms with Crippen LogP contribution >= 0.6 is 11.3 Å². The van der Waals surface area contributed by atoms with E-state index in [1.54, 1.807) is 11.3 Å². The van der Waals surface area contributed by atoms with Crippen molar-refractivity contribution in [2.24, 2.45) is 11.8 Å². The summed E-state index contributed by atoms with van der Waals surface area (Å²) in [5, 5.41) is 5.89. The van der Waals surface area contributed by atoms with Gasteiger partial charge in [0.05, 0.1) is 5.69 Å². The lowest BCUT2D eigenvalue weighted by molar-refractivity contribution is 0.228. The highest BCUT2D eigenvalue weighted by Gasteiger charge is 2.26. The molecule has 0 radical (unpaired) electrons. The molecule has 2 heterocycles. The molecule has 0 aromatic carbocycles. The minimum Gasteiger partial charge on any atom is -0.313 e. The quantitative estimate of drug-likeness (QED) is 0.869. The molecule has 1 N–H and O–H groups in total. The van der Waals surface area contributed by atoms with Gasteiger partial charge in [-0.15, -0.1) is 11.3 Å². The van der Waals surface area contributed by atoms with Crippen molar-refractivity contribution in [3.8, 4) is 0 Å². The number of thiazole rings is 1. The number of aromatic nitrogens is 2. The first-order valence-electron chi connectivity index (χ1n) is 8.40. The summed E-state index contributed by atoms with van der Waals surface area (Å²) in [5.74, 6) is 1.75. The summed E-state index contributed by atoms with van der Waals surface area (Å²) in [6.07, 6.45) is 12.1. The number of hydrogen-bond donors (Lipinski definition) is 1. The van der Waals surface area contributed by atoms with Crippen LogP contribution in [0.15, 0.2) is 17.8 Å². The van der Waals surface area contributed by atoms with Crippen molar-refractivity contribution in [1.29, 1.82) is 0 Å². The molecule has 0 amide bonds. The summed E-state index contributed by atoms with van der Waals surface area (Å²) >= 11 is 1.72. The van der Waals surface area contributed by atoms with Crippen molar-refractivity contribution in [2.75, 3.05) is 6.54 Å². The van der Waals surface area contributed by atoms with Gasteiger partial charge in [-0.3, -0.25) is 4.40 Å². The van der Waals surface area contributed by atoms with Gasteiger partial charge in [-0.25, -0.2) is 4.98 Å². The zero-order valence-corrected chi connectivity index (χ0v) is 14.0. The van der Waals surface area contributed by atoms with Gasteiger partial charge in [-0.2, -0.15) is 0 Å². The predicted octanol–water partition coefficient (Wildman–Crippen LogP) is 4.13. The van der Waals surface area contributed by atoms with Crippen LogP contribution in [0.2, 0.25) is 0 Å². The standard InChI is InChI=1S/C17H27N3S/c1-3-8-18-16(14-6-4-13(2)5-7-14)11-15-12-20-9-10-21-17(20)19-15/h9-10,12-14,16,18H,3-8,11H2,1-2H3. The lowest BCUT2D eigenvalue weighted by atomic mass is 9.78. The zero-order valence-electron chi connectivity index (χ0n) is 13.2. The second kappa shape index (κ2) is 6.93. The average Bonchev–Trinajstić information content (AvgIpc) is 3.05. The highest BCUT2D eigenvalue weighted by atomic mass is 32.1. The molecule has 1 aliphatic rings. The summed E-state index contributed by atoms with van der Waals surface area (Å²) in [6, 6.07) is 0.599. The maximum absolute atomic E-state index is 4.77. The Morgan fingerprint density at radius 2 is 2.19 bits per heavy atom. The second-order valence-corrected chi connectivity index (χ2v) is 7.48. The summed E-state index contributed by atoms with van der Waals surface area (Å²) in [4.78, 5) is 5.89. The van der Waals surface area contributed by atoms with Crippen molar-refractivity contribution < 1.29 is 0 Å². The van der Waals surface area contributed by atoms with Crippen molar-refractivity contribution >= 4 is 16.3 Å². The summed E-state index contributed by atoms with van der Waals surface area (Å²) in [5.41, 5.74) is 1.24. The monoisotopic (exact) mass is 305 g/mol. The van der Waals surface area contributed by atoms with Gasteiger partial charge in [0, 0.05) is 30.2 Å². The Kier molecular flexibility index (Phi) is 4.96. The van der Waals surface area contributed by atoms with Gasteiger partial charge in [0.15, 0.2) is 4.96 Å². The molecule has 0 spiro atoms. The van der Waals surface area contributed by atoms with E-state index in [0.717, 1.165) is 29.8 Å². The maximum Gasteiger partial charge on any atom is 0.193 e. The molecule has 21 heavy (non-hydrogen) atoms. The highest BCUT2D eigenvalue weighted by molar-refractivity contribution is 7.15. The van der Waals surface area contributed by atoms with E-state index >= 15 is 0 Å². The van der Waals surface area contributed by atoms with E-state index in [2.05, 4.69) is 41.3 Å². The van der Waals surface area contributed by atoms with Crippen molar-refractivity contribution in [3.05, 3.63) is 23.5 Å². The van der Waals surface area contributed by atoms with Crippen molar-refractivity contribution in [1.82, 2.24) is 14.7 Å². The van der Waals surface area contributed by atoms with Crippen LogP contribution in [0.3, 0.4) is 0 Å². The molecule has 2 aromatic heterocycles. The molecule has 3 rings (SSSR count). The van der Waals surface area contributed by atoms with Crippen LogP contribution in [-0.4, -0.2) is 22.0 Å². The molecule has 0 bridgehead atoms. The van der Waals surface area contributed by atoms with Crippen LogP contribution in [0.1, 0.15) is 51.6 Å². The lowest BCUT2D eigenvalue weighted by Crippen LogP contribution is -2.40. The third kappa shape index (κ3) is 3.67. The number of fused-ring (bicyclic) bond motifs is 1. The second-order valence-electron chi connectivity index (χ2n) is 6.61. The number of nitrogens with one attached hydrogen (secondary N) is 1. The molecule has 116 valence electrons. The van der Waals surface area contributed by atoms with Gasteiger partial charge in [0.2, 0.25) is 0 Å². The van der Waals surface area contributed by atoms with Crippen LogP contribution in [0.5, 0.6) is 0 Å². The van der Waals surface area contributed by atoms with Crippen LogP contribution in [-0.2, 0) is 6.42 Å². The Hall–Kier alpha value is -0.870. The van der Waals surface area contributed by atoms with Crippen LogP contribution in [0.25, 0.3) is 4.96 Å². The third-order valence-corrected chi connectivity index (χ3v) is 5.63. The molecule has 1 unspecified atom stereocenters. The van der Waals surface area contributed by atoms with E-state index < -0.39 is 0 Å². The largest absolute Gasteiger partial charge is 0.313 e. The van der Waals surface area contributed by atoms with E-state index in [0.29, 0.717) is 6.04 Å². The van der Waals surface area contributed by atoms with Crippen molar-refractivity contribution in [2.45, 2.75) is 58.4 Å². The number of rotatable bonds is 6. The Bertz CT molecular complexity index is 523. The Morgan fingerprint density at radius 3 is 2.90 bits per heavy atom. The first-order valence-corrected chi connectivity index (χ1v) is 9.28. The fraction of sp³-hybridized carbons (Fsp3) is 0.706. The van der Waals surface area contributed by atoms with Gasteiger partial charge in [0.25, 0.3) is 0 Å². The summed E-state index contributed by atoms with van der Waals surface area (Å²) < 4.78 is 2.15. The molecule has 1 atom stereocenters. The maximum atomic E-state index is 4.77.